The van der Waals surface area contributed by atoms with Crippen LogP contribution in [0.3, 0.4) is 0 Å². The number of amides is 1. The molecule has 0 saturated heterocycles. The highest BCUT2D eigenvalue weighted by Gasteiger charge is 2.18. The largest absolute Gasteiger partial charge is 0.339 e. The summed E-state index contributed by atoms with van der Waals surface area (Å²) >= 11 is 0. The van der Waals surface area contributed by atoms with Crippen LogP contribution in [-0.2, 0) is 11.3 Å². The average Bonchev–Trinajstić information content (AvgIpc) is 2.43. The van der Waals surface area contributed by atoms with E-state index in [1.807, 2.05) is 17.9 Å². The predicted octanol–water partition coefficient (Wildman–Crippen LogP) is 3.35. The van der Waals surface area contributed by atoms with Gasteiger partial charge in [0.05, 0.1) is 0 Å². The van der Waals surface area contributed by atoms with Crippen molar-refractivity contribution < 1.29 is 4.79 Å². The number of rotatable bonds is 8. The maximum atomic E-state index is 12.5. The van der Waals surface area contributed by atoms with E-state index in [2.05, 4.69) is 39.0 Å². The van der Waals surface area contributed by atoms with Gasteiger partial charge in [-0.3, -0.25) is 4.79 Å². The van der Waals surface area contributed by atoms with E-state index >= 15 is 0 Å². The van der Waals surface area contributed by atoms with Gasteiger partial charge in [0.2, 0.25) is 5.91 Å². The van der Waals surface area contributed by atoms with E-state index in [9.17, 15) is 4.79 Å². The predicted molar refractivity (Wildman–Crippen MR) is 88.9 cm³/mol. The molecule has 0 aliphatic heterocycles. The molecule has 1 rings (SSSR count). The lowest BCUT2D eigenvalue weighted by molar-refractivity contribution is -0.132. The van der Waals surface area contributed by atoms with Crippen LogP contribution >= 0.6 is 0 Å². The molecule has 0 heterocycles. The van der Waals surface area contributed by atoms with Gasteiger partial charge in [-0.15, -0.1) is 0 Å². The van der Waals surface area contributed by atoms with Crippen LogP contribution < -0.4 is 5.73 Å². The third-order valence-electron chi connectivity index (χ3n) is 3.79. The standard InChI is InChI=1S/C18H30N2O/c1-5-20(13-16-8-6-7-15(4)10-16)18(21)11-17(12-19)9-14(2)3/h6-8,10,14,17H,5,9,11-13,19H2,1-4H3. The average molecular weight is 290 g/mol. The van der Waals surface area contributed by atoms with Crippen LogP contribution in [0, 0.1) is 18.8 Å². The van der Waals surface area contributed by atoms with E-state index in [1.165, 1.54) is 11.1 Å². The minimum atomic E-state index is 0.218. The van der Waals surface area contributed by atoms with Gasteiger partial charge in [-0.2, -0.15) is 0 Å². The maximum absolute atomic E-state index is 12.5. The third-order valence-corrected chi connectivity index (χ3v) is 3.79. The minimum absolute atomic E-state index is 0.218. The summed E-state index contributed by atoms with van der Waals surface area (Å²) in [6.07, 6.45) is 1.58. The van der Waals surface area contributed by atoms with E-state index in [0.29, 0.717) is 31.3 Å². The normalized spacial score (nSPS) is 12.5. The summed E-state index contributed by atoms with van der Waals surface area (Å²) in [5.74, 6) is 1.09. The molecule has 1 unspecified atom stereocenters. The molecular weight excluding hydrogens is 260 g/mol. The Bertz CT molecular complexity index is 443. The Morgan fingerprint density at radius 2 is 2.05 bits per heavy atom. The van der Waals surface area contributed by atoms with E-state index in [0.717, 1.165) is 13.0 Å². The molecule has 3 nitrogen and oxygen atoms in total. The molecule has 0 saturated carbocycles. The van der Waals surface area contributed by atoms with Crippen molar-refractivity contribution in [3.05, 3.63) is 35.4 Å². The monoisotopic (exact) mass is 290 g/mol. The van der Waals surface area contributed by atoms with Crippen LogP contribution in [0.15, 0.2) is 24.3 Å². The van der Waals surface area contributed by atoms with Gasteiger partial charge in [-0.1, -0.05) is 43.7 Å². The second-order valence-corrected chi connectivity index (χ2v) is 6.33. The van der Waals surface area contributed by atoms with Crippen molar-refractivity contribution in [3.63, 3.8) is 0 Å². The fraction of sp³-hybridized carbons (Fsp3) is 0.611. The molecule has 118 valence electrons. The summed E-state index contributed by atoms with van der Waals surface area (Å²) in [7, 11) is 0. The van der Waals surface area contributed by atoms with Gasteiger partial charge in [0.25, 0.3) is 0 Å². The molecule has 1 atom stereocenters. The van der Waals surface area contributed by atoms with Crippen molar-refractivity contribution in [2.75, 3.05) is 13.1 Å². The molecular formula is C18H30N2O. The highest BCUT2D eigenvalue weighted by molar-refractivity contribution is 5.76. The van der Waals surface area contributed by atoms with E-state index in [4.69, 9.17) is 5.73 Å². The minimum Gasteiger partial charge on any atom is -0.339 e. The molecule has 1 amide bonds. The highest BCUT2D eigenvalue weighted by Crippen LogP contribution is 2.17. The lowest BCUT2D eigenvalue weighted by Gasteiger charge is -2.24. The molecule has 0 aliphatic carbocycles. The van der Waals surface area contributed by atoms with Gasteiger partial charge in [0.15, 0.2) is 0 Å². The summed E-state index contributed by atoms with van der Waals surface area (Å²) in [5, 5.41) is 0. The number of carbonyl (C=O) groups excluding carboxylic acids is 1. The number of hydrogen-bond donors (Lipinski definition) is 1. The number of carbonyl (C=O) groups is 1. The van der Waals surface area contributed by atoms with Crippen LogP contribution in [0.4, 0.5) is 0 Å². The van der Waals surface area contributed by atoms with Crippen molar-refractivity contribution in [2.24, 2.45) is 17.6 Å². The SMILES string of the molecule is CCN(Cc1cccc(C)c1)C(=O)CC(CN)CC(C)C. The fourth-order valence-corrected chi connectivity index (χ4v) is 2.71. The Balaban J connectivity index is 2.64. The molecule has 21 heavy (non-hydrogen) atoms. The Hall–Kier alpha value is -1.35. The van der Waals surface area contributed by atoms with Crippen LogP contribution in [0.1, 0.15) is 44.7 Å². The number of benzene rings is 1. The molecule has 0 spiro atoms. The number of hydrogen-bond acceptors (Lipinski definition) is 2. The van der Waals surface area contributed by atoms with Crippen LogP contribution in [-0.4, -0.2) is 23.9 Å². The molecule has 0 fully saturated rings. The van der Waals surface area contributed by atoms with Crippen molar-refractivity contribution in [1.82, 2.24) is 4.90 Å². The zero-order valence-corrected chi connectivity index (χ0v) is 13.9. The van der Waals surface area contributed by atoms with Gasteiger partial charge >= 0.3 is 0 Å². The summed E-state index contributed by atoms with van der Waals surface area (Å²) in [6, 6.07) is 8.35. The van der Waals surface area contributed by atoms with Gasteiger partial charge in [0.1, 0.15) is 0 Å². The molecule has 0 aliphatic rings. The molecule has 1 aromatic carbocycles. The van der Waals surface area contributed by atoms with E-state index in [-0.39, 0.29) is 5.91 Å². The topological polar surface area (TPSA) is 46.3 Å². The smallest absolute Gasteiger partial charge is 0.223 e. The molecule has 0 radical (unpaired) electrons. The van der Waals surface area contributed by atoms with Gasteiger partial charge in [-0.25, -0.2) is 0 Å². The van der Waals surface area contributed by atoms with Crippen LogP contribution in [0.25, 0.3) is 0 Å². The zero-order chi connectivity index (χ0) is 15.8. The number of aryl methyl sites for hydroxylation is 1. The first-order valence-corrected chi connectivity index (χ1v) is 7.99. The Labute approximate surface area is 129 Å². The summed E-state index contributed by atoms with van der Waals surface area (Å²) in [6.45, 7) is 10.5. The zero-order valence-electron chi connectivity index (χ0n) is 13.9. The molecule has 0 aromatic heterocycles. The summed E-state index contributed by atoms with van der Waals surface area (Å²) in [4.78, 5) is 14.4. The first kappa shape index (κ1) is 17.7. The molecule has 0 bridgehead atoms. The number of nitrogens with zero attached hydrogens (tertiary/aromatic N) is 1. The first-order chi connectivity index (χ1) is 9.96. The van der Waals surface area contributed by atoms with Crippen molar-refractivity contribution in [3.8, 4) is 0 Å². The van der Waals surface area contributed by atoms with Crippen LogP contribution in [0.2, 0.25) is 0 Å². The Kier molecular flexibility index (Phi) is 7.44. The lowest BCUT2D eigenvalue weighted by atomic mass is 9.93. The van der Waals surface area contributed by atoms with Gasteiger partial charge in [-0.05, 0) is 44.2 Å². The van der Waals surface area contributed by atoms with Crippen molar-refractivity contribution in [1.29, 1.82) is 0 Å². The summed E-state index contributed by atoms with van der Waals surface area (Å²) < 4.78 is 0. The summed E-state index contributed by atoms with van der Waals surface area (Å²) in [5.41, 5.74) is 8.24. The Morgan fingerprint density at radius 1 is 1.33 bits per heavy atom. The molecule has 2 N–H and O–H groups in total. The van der Waals surface area contributed by atoms with Gasteiger partial charge < -0.3 is 10.6 Å². The fourth-order valence-electron chi connectivity index (χ4n) is 2.71. The quantitative estimate of drug-likeness (QED) is 0.798. The first-order valence-electron chi connectivity index (χ1n) is 7.99. The van der Waals surface area contributed by atoms with Crippen molar-refractivity contribution in [2.45, 2.75) is 47.1 Å². The Morgan fingerprint density at radius 3 is 2.57 bits per heavy atom. The third kappa shape index (κ3) is 6.30. The second kappa shape index (κ2) is 8.83. The highest BCUT2D eigenvalue weighted by atomic mass is 16.2. The van der Waals surface area contributed by atoms with Gasteiger partial charge in [0, 0.05) is 19.5 Å². The number of nitrogens with two attached hydrogens (primary N) is 1. The maximum Gasteiger partial charge on any atom is 0.223 e. The van der Waals surface area contributed by atoms with E-state index < -0.39 is 0 Å². The lowest BCUT2D eigenvalue weighted by Crippen LogP contribution is -2.33. The second-order valence-electron chi connectivity index (χ2n) is 6.33. The molecule has 1 aromatic rings. The van der Waals surface area contributed by atoms with E-state index in [1.54, 1.807) is 0 Å². The van der Waals surface area contributed by atoms with Crippen LogP contribution in [0.5, 0.6) is 0 Å². The van der Waals surface area contributed by atoms with Crippen molar-refractivity contribution >= 4 is 5.91 Å². The molecule has 3 heteroatoms.